The van der Waals surface area contributed by atoms with Gasteiger partial charge in [-0.3, -0.25) is 4.79 Å². The first-order valence-corrected chi connectivity index (χ1v) is 8.31. The number of methoxy groups -OCH3 is 5. The number of anilines is 1. The van der Waals surface area contributed by atoms with Gasteiger partial charge in [-0.15, -0.1) is 0 Å². The van der Waals surface area contributed by atoms with E-state index in [2.05, 4.69) is 21.2 Å². The number of carbonyl (C=O) groups excluding carboxylic acids is 1. The number of hydrogen-bond donors (Lipinski definition) is 1. The van der Waals surface area contributed by atoms with Gasteiger partial charge in [-0.25, -0.2) is 0 Å². The summed E-state index contributed by atoms with van der Waals surface area (Å²) in [5, 5.41) is 2.81. The number of ether oxygens (including phenoxy) is 5. The van der Waals surface area contributed by atoms with Gasteiger partial charge in [-0.1, -0.05) is 0 Å². The number of nitrogens with one attached hydrogen (secondary N) is 1. The van der Waals surface area contributed by atoms with E-state index < -0.39 is 0 Å². The summed E-state index contributed by atoms with van der Waals surface area (Å²) in [6.07, 6.45) is 0. The maximum absolute atomic E-state index is 12.8. The van der Waals surface area contributed by atoms with Crippen LogP contribution in [0.25, 0.3) is 0 Å². The average Bonchev–Trinajstić information content (AvgIpc) is 2.66. The summed E-state index contributed by atoms with van der Waals surface area (Å²) < 4.78 is 26.8. The van der Waals surface area contributed by atoms with Crippen molar-refractivity contribution in [2.24, 2.45) is 0 Å². The molecule has 1 amide bonds. The number of hydrogen-bond acceptors (Lipinski definition) is 6. The average molecular weight is 426 g/mol. The smallest absolute Gasteiger partial charge is 0.257 e. The Morgan fingerprint density at radius 1 is 0.808 bits per heavy atom. The van der Waals surface area contributed by atoms with E-state index >= 15 is 0 Å². The van der Waals surface area contributed by atoms with Crippen molar-refractivity contribution in [3.8, 4) is 28.7 Å². The van der Waals surface area contributed by atoms with Crippen molar-refractivity contribution < 1.29 is 28.5 Å². The van der Waals surface area contributed by atoms with E-state index in [0.717, 1.165) is 0 Å². The van der Waals surface area contributed by atoms with Crippen molar-refractivity contribution in [3.05, 3.63) is 34.3 Å². The maximum Gasteiger partial charge on any atom is 0.257 e. The lowest BCUT2D eigenvalue weighted by Gasteiger charge is -2.17. The predicted molar refractivity (Wildman–Crippen MR) is 101 cm³/mol. The van der Waals surface area contributed by atoms with Crippen LogP contribution in [0.4, 0.5) is 5.69 Å². The van der Waals surface area contributed by atoms with Crippen molar-refractivity contribution in [1.82, 2.24) is 0 Å². The van der Waals surface area contributed by atoms with Gasteiger partial charge in [-0.05, 0) is 22.0 Å². The van der Waals surface area contributed by atoms with Crippen molar-refractivity contribution in [1.29, 1.82) is 0 Å². The topological polar surface area (TPSA) is 75.3 Å². The van der Waals surface area contributed by atoms with Crippen molar-refractivity contribution >= 4 is 27.5 Å². The fraction of sp³-hybridized carbons (Fsp3) is 0.278. The number of rotatable bonds is 7. The van der Waals surface area contributed by atoms with E-state index in [-0.39, 0.29) is 5.91 Å². The lowest BCUT2D eigenvalue weighted by Crippen LogP contribution is -2.14. The molecule has 0 spiro atoms. The molecule has 140 valence electrons. The Balaban J connectivity index is 2.44. The first-order valence-electron chi connectivity index (χ1n) is 7.51. The molecular weight excluding hydrogens is 406 g/mol. The summed E-state index contributed by atoms with van der Waals surface area (Å²) in [6.45, 7) is 0. The Morgan fingerprint density at radius 2 is 1.38 bits per heavy atom. The molecule has 1 N–H and O–H groups in total. The summed E-state index contributed by atoms with van der Waals surface area (Å²) in [6, 6.07) is 6.65. The number of amides is 1. The van der Waals surface area contributed by atoms with Gasteiger partial charge in [0, 0.05) is 23.9 Å². The zero-order valence-corrected chi connectivity index (χ0v) is 16.7. The van der Waals surface area contributed by atoms with E-state index in [1.165, 1.54) is 35.5 Å². The molecule has 0 saturated carbocycles. The molecule has 0 bridgehead atoms. The zero-order valence-electron chi connectivity index (χ0n) is 15.1. The molecule has 0 atom stereocenters. The molecule has 0 radical (unpaired) electrons. The molecular formula is C18H20BrNO6. The molecule has 2 aromatic rings. The molecule has 0 fully saturated rings. The second kappa shape index (κ2) is 8.66. The predicted octanol–water partition coefficient (Wildman–Crippen LogP) is 3.74. The normalized spacial score (nSPS) is 10.1. The molecule has 0 aliphatic rings. The Morgan fingerprint density at radius 3 is 1.85 bits per heavy atom. The second-order valence-electron chi connectivity index (χ2n) is 5.06. The summed E-state index contributed by atoms with van der Waals surface area (Å²) in [5.74, 6) is 1.88. The number of halogens is 1. The molecule has 0 aliphatic carbocycles. The van der Waals surface area contributed by atoms with Crippen LogP contribution in [0, 0.1) is 0 Å². The third kappa shape index (κ3) is 3.96. The van der Waals surface area contributed by atoms with Gasteiger partial charge in [0.25, 0.3) is 5.91 Å². The van der Waals surface area contributed by atoms with E-state index in [1.807, 2.05) is 0 Å². The lowest BCUT2D eigenvalue weighted by molar-refractivity contribution is 0.102. The first kappa shape index (κ1) is 19.7. The van der Waals surface area contributed by atoms with Crippen molar-refractivity contribution in [3.63, 3.8) is 0 Å². The van der Waals surface area contributed by atoms with Crippen LogP contribution in [0.3, 0.4) is 0 Å². The molecule has 0 aliphatic heterocycles. The number of benzene rings is 2. The van der Waals surface area contributed by atoms with E-state index in [1.54, 1.807) is 24.3 Å². The van der Waals surface area contributed by atoms with Crippen LogP contribution in [0.1, 0.15) is 10.4 Å². The third-order valence-electron chi connectivity index (χ3n) is 3.62. The van der Waals surface area contributed by atoms with Crippen LogP contribution in [-0.2, 0) is 0 Å². The molecule has 0 heterocycles. The van der Waals surface area contributed by atoms with E-state index in [9.17, 15) is 4.79 Å². The van der Waals surface area contributed by atoms with Gasteiger partial charge in [0.15, 0.2) is 11.5 Å². The summed E-state index contributed by atoms with van der Waals surface area (Å²) >= 11 is 3.40. The van der Waals surface area contributed by atoms with E-state index in [0.29, 0.717) is 44.5 Å². The Labute approximate surface area is 160 Å². The van der Waals surface area contributed by atoms with Gasteiger partial charge < -0.3 is 29.0 Å². The Kier molecular flexibility index (Phi) is 6.57. The highest BCUT2D eigenvalue weighted by atomic mass is 79.9. The molecule has 26 heavy (non-hydrogen) atoms. The standard InChI is InChI=1S/C18H20BrNO6/c1-22-11-6-10(7-12(8-11)23-2)20-18(21)13-9-14(24-3)16(25-4)17(26-5)15(13)19/h6-9H,1-5H3,(H,20,21). The van der Waals surface area contributed by atoms with Crippen LogP contribution >= 0.6 is 15.9 Å². The van der Waals surface area contributed by atoms with Gasteiger partial charge in [-0.2, -0.15) is 0 Å². The van der Waals surface area contributed by atoms with Crippen LogP contribution in [0.2, 0.25) is 0 Å². The summed E-state index contributed by atoms with van der Waals surface area (Å²) in [5.41, 5.74) is 0.841. The molecule has 8 heteroatoms. The molecule has 7 nitrogen and oxygen atoms in total. The minimum atomic E-state index is -0.369. The molecule has 0 unspecified atom stereocenters. The van der Waals surface area contributed by atoms with Crippen LogP contribution in [0.15, 0.2) is 28.7 Å². The highest BCUT2D eigenvalue weighted by molar-refractivity contribution is 9.10. The largest absolute Gasteiger partial charge is 0.497 e. The fourth-order valence-electron chi connectivity index (χ4n) is 2.36. The Hall–Kier alpha value is -2.61. The van der Waals surface area contributed by atoms with Gasteiger partial charge in [0.2, 0.25) is 5.75 Å². The summed E-state index contributed by atoms with van der Waals surface area (Å²) in [7, 11) is 7.54. The van der Waals surface area contributed by atoms with Crippen LogP contribution < -0.4 is 29.0 Å². The molecule has 0 saturated heterocycles. The summed E-state index contributed by atoms with van der Waals surface area (Å²) in [4.78, 5) is 12.8. The highest BCUT2D eigenvalue weighted by Gasteiger charge is 2.23. The minimum absolute atomic E-state index is 0.321. The zero-order chi connectivity index (χ0) is 19.3. The van der Waals surface area contributed by atoms with E-state index in [4.69, 9.17) is 23.7 Å². The highest BCUT2D eigenvalue weighted by Crippen LogP contribution is 2.45. The molecule has 0 aromatic heterocycles. The maximum atomic E-state index is 12.8. The minimum Gasteiger partial charge on any atom is -0.497 e. The molecule has 2 aromatic carbocycles. The first-order chi connectivity index (χ1) is 12.5. The van der Waals surface area contributed by atoms with Gasteiger partial charge in [0.05, 0.1) is 45.6 Å². The quantitative estimate of drug-likeness (QED) is 0.727. The van der Waals surface area contributed by atoms with Crippen molar-refractivity contribution in [2.75, 3.05) is 40.9 Å². The van der Waals surface area contributed by atoms with Gasteiger partial charge in [0.1, 0.15) is 11.5 Å². The SMILES string of the molecule is COc1cc(NC(=O)c2cc(OC)c(OC)c(OC)c2Br)cc(OC)c1. The third-order valence-corrected chi connectivity index (χ3v) is 4.41. The monoisotopic (exact) mass is 425 g/mol. The van der Waals surface area contributed by atoms with Gasteiger partial charge >= 0.3 is 0 Å². The lowest BCUT2D eigenvalue weighted by atomic mass is 10.1. The second-order valence-corrected chi connectivity index (χ2v) is 5.86. The van der Waals surface area contributed by atoms with Crippen molar-refractivity contribution in [2.45, 2.75) is 0 Å². The van der Waals surface area contributed by atoms with Crippen LogP contribution in [0.5, 0.6) is 28.7 Å². The number of carbonyl (C=O) groups is 1. The fourth-order valence-corrected chi connectivity index (χ4v) is 3.00. The molecule has 2 rings (SSSR count). The Bertz CT molecular complexity index is 787. The van der Waals surface area contributed by atoms with Crippen LogP contribution in [-0.4, -0.2) is 41.5 Å².